The Balaban J connectivity index is 1.99. The normalized spacial score (nSPS) is 21.4. The SMILES string of the molecule is C=CC(=O)N1CCCC(O)(C(F)(F)C(=O)NCCn2cccn2)C1. The van der Waals surface area contributed by atoms with Gasteiger partial charge in [-0.1, -0.05) is 6.58 Å². The van der Waals surface area contributed by atoms with Crippen molar-refractivity contribution in [2.75, 3.05) is 19.6 Å². The van der Waals surface area contributed by atoms with E-state index in [1.54, 1.807) is 12.3 Å². The summed E-state index contributed by atoms with van der Waals surface area (Å²) in [7, 11) is 0. The highest BCUT2D eigenvalue weighted by Crippen LogP contribution is 2.36. The Kier molecular flexibility index (Phi) is 5.33. The van der Waals surface area contributed by atoms with Crippen molar-refractivity contribution in [2.24, 2.45) is 0 Å². The van der Waals surface area contributed by atoms with E-state index in [9.17, 15) is 23.5 Å². The third-order valence-corrected chi connectivity index (χ3v) is 4.01. The first kappa shape index (κ1) is 18.1. The van der Waals surface area contributed by atoms with Crippen LogP contribution in [0.1, 0.15) is 12.8 Å². The van der Waals surface area contributed by atoms with E-state index in [4.69, 9.17) is 0 Å². The van der Waals surface area contributed by atoms with Crippen LogP contribution >= 0.6 is 0 Å². The number of carbonyl (C=O) groups excluding carboxylic acids is 2. The summed E-state index contributed by atoms with van der Waals surface area (Å²) < 4.78 is 30.4. The van der Waals surface area contributed by atoms with E-state index >= 15 is 0 Å². The standard InChI is InChI=1S/C15H20F2N4O3/c1-2-12(22)20-8-3-5-14(24,11-20)15(16,17)13(23)18-7-10-21-9-4-6-19-21/h2,4,6,9,24H,1,3,5,7-8,10-11H2,(H,18,23). The molecule has 1 aliphatic rings. The Hall–Kier alpha value is -2.29. The van der Waals surface area contributed by atoms with Gasteiger partial charge in [0.25, 0.3) is 5.91 Å². The number of carbonyl (C=O) groups is 2. The molecule has 1 atom stereocenters. The second-order valence-corrected chi connectivity index (χ2v) is 5.70. The number of rotatable bonds is 6. The van der Waals surface area contributed by atoms with Gasteiger partial charge in [0.2, 0.25) is 5.91 Å². The lowest BCUT2D eigenvalue weighted by Crippen LogP contribution is -2.64. The number of aromatic nitrogens is 2. The van der Waals surface area contributed by atoms with Crippen LogP contribution in [0.2, 0.25) is 0 Å². The van der Waals surface area contributed by atoms with Gasteiger partial charge in [-0.3, -0.25) is 14.3 Å². The van der Waals surface area contributed by atoms with Gasteiger partial charge < -0.3 is 15.3 Å². The van der Waals surface area contributed by atoms with Gasteiger partial charge >= 0.3 is 5.92 Å². The van der Waals surface area contributed by atoms with Crippen LogP contribution in [0.4, 0.5) is 8.78 Å². The van der Waals surface area contributed by atoms with Crippen molar-refractivity contribution in [3.8, 4) is 0 Å². The molecule has 2 amide bonds. The number of aliphatic hydroxyl groups is 1. The number of halogens is 2. The van der Waals surface area contributed by atoms with Crippen molar-refractivity contribution in [1.29, 1.82) is 0 Å². The van der Waals surface area contributed by atoms with Gasteiger partial charge in [0.1, 0.15) is 0 Å². The predicted octanol–water partition coefficient (Wildman–Crippen LogP) is 0.174. The molecule has 1 aromatic rings. The zero-order valence-electron chi connectivity index (χ0n) is 13.1. The van der Waals surface area contributed by atoms with Crippen LogP contribution in [0.3, 0.4) is 0 Å². The van der Waals surface area contributed by atoms with Crippen LogP contribution in [0.25, 0.3) is 0 Å². The van der Waals surface area contributed by atoms with E-state index in [0.29, 0.717) is 0 Å². The van der Waals surface area contributed by atoms with E-state index < -0.39 is 29.9 Å². The highest BCUT2D eigenvalue weighted by molar-refractivity contribution is 5.88. The third kappa shape index (κ3) is 3.61. The Morgan fingerprint density at radius 2 is 2.25 bits per heavy atom. The van der Waals surface area contributed by atoms with Gasteiger partial charge in [-0.05, 0) is 25.0 Å². The molecule has 0 bridgehead atoms. The van der Waals surface area contributed by atoms with Crippen molar-refractivity contribution < 1.29 is 23.5 Å². The van der Waals surface area contributed by atoms with Crippen LogP contribution in [0.15, 0.2) is 31.1 Å². The molecule has 2 N–H and O–H groups in total. The molecule has 1 aliphatic heterocycles. The molecule has 0 saturated carbocycles. The quantitative estimate of drug-likeness (QED) is 0.722. The lowest BCUT2D eigenvalue weighted by molar-refractivity contribution is -0.206. The lowest BCUT2D eigenvalue weighted by Gasteiger charge is -2.42. The highest BCUT2D eigenvalue weighted by Gasteiger charge is 2.59. The smallest absolute Gasteiger partial charge is 0.354 e. The zero-order valence-corrected chi connectivity index (χ0v) is 13.1. The van der Waals surface area contributed by atoms with Gasteiger partial charge in [0.15, 0.2) is 5.60 Å². The van der Waals surface area contributed by atoms with Crippen molar-refractivity contribution in [3.05, 3.63) is 31.1 Å². The van der Waals surface area contributed by atoms with E-state index in [0.717, 1.165) is 11.0 Å². The third-order valence-electron chi connectivity index (χ3n) is 4.01. The van der Waals surface area contributed by atoms with Gasteiger partial charge in [0, 0.05) is 25.5 Å². The van der Waals surface area contributed by atoms with Gasteiger partial charge in [-0.2, -0.15) is 13.9 Å². The lowest BCUT2D eigenvalue weighted by atomic mass is 9.85. The number of nitrogens with zero attached hydrogens (tertiary/aromatic N) is 3. The molecule has 9 heteroatoms. The Morgan fingerprint density at radius 3 is 2.88 bits per heavy atom. The number of β-amino-alcohol motifs (C(OH)–C–C–N with tert-alkyl or cyclic N) is 1. The number of piperidine rings is 1. The van der Waals surface area contributed by atoms with Crippen molar-refractivity contribution in [1.82, 2.24) is 20.0 Å². The number of hydrogen-bond donors (Lipinski definition) is 2. The fourth-order valence-electron chi connectivity index (χ4n) is 2.65. The molecule has 1 aromatic heterocycles. The second-order valence-electron chi connectivity index (χ2n) is 5.70. The molecule has 0 spiro atoms. The number of hydrogen-bond acceptors (Lipinski definition) is 4. The first-order valence-corrected chi connectivity index (χ1v) is 7.57. The summed E-state index contributed by atoms with van der Waals surface area (Å²) in [5.74, 6) is -6.13. The molecule has 2 rings (SSSR count). The number of likely N-dealkylation sites (tertiary alicyclic amines) is 1. The number of alkyl halides is 2. The molecule has 0 radical (unpaired) electrons. The maximum absolute atomic E-state index is 14.4. The van der Waals surface area contributed by atoms with Crippen LogP contribution < -0.4 is 5.32 Å². The van der Waals surface area contributed by atoms with Crippen LogP contribution in [-0.4, -0.2) is 62.8 Å². The van der Waals surface area contributed by atoms with Crippen molar-refractivity contribution in [2.45, 2.75) is 30.9 Å². The molecule has 0 aromatic carbocycles. The topological polar surface area (TPSA) is 87.5 Å². The summed E-state index contributed by atoms with van der Waals surface area (Å²) in [4.78, 5) is 24.5. The minimum Gasteiger partial charge on any atom is -0.381 e. The van der Waals surface area contributed by atoms with E-state index in [1.165, 1.54) is 10.9 Å². The summed E-state index contributed by atoms with van der Waals surface area (Å²) in [6.45, 7) is 3.10. The average molecular weight is 342 g/mol. The molecule has 132 valence electrons. The molecule has 7 nitrogen and oxygen atoms in total. The molecule has 1 saturated heterocycles. The first-order chi connectivity index (χ1) is 11.3. The number of amides is 2. The average Bonchev–Trinajstić information content (AvgIpc) is 3.07. The monoisotopic (exact) mass is 342 g/mol. The molecule has 1 fully saturated rings. The largest absolute Gasteiger partial charge is 0.381 e. The van der Waals surface area contributed by atoms with Crippen molar-refractivity contribution >= 4 is 11.8 Å². The second kappa shape index (κ2) is 7.08. The Labute approximate surface area is 137 Å². The summed E-state index contributed by atoms with van der Waals surface area (Å²) in [6.07, 6.45) is 4.07. The molecule has 1 unspecified atom stereocenters. The predicted molar refractivity (Wildman–Crippen MR) is 81.1 cm³/mol. The highest BCUT2D eigenvalue weighted by atomic mass is 19.3. The minimum atomic E-state index is -4.02. The van der Waals surface area contributed by atoms with Crippen LogP contribution in [-0.2, 0) is 16.1 Å². The van der Waals surface area contributed by atoms with Crippen LogP contribution in [0, 0.1) is 0 Å². The van der Waals surface area contributed by atoms with Gasteiger partial charge in [-0.15, -0.1) is 0 Å². The molecule has 2 heterocycles. The number of nitrogens with one attached hydrogen (secondary N) is 1. The van der Waals surface area contributed by atoms with Crippen LogP contribution in [0.5, 0.6) is 0 Å². The maximum Gasteiger partial charge on any atom is 0.354 e. The summed E-state index contributed by atoms with van der Waals surface area (Å²) in [6, 6.07) is 1.67. The summed E-state index contributed by atoms with van der Waals surface area (Å²) in [5, 5.41) is 16.3. The summed E-state index contributed by atoms with van der Waals surface area (Å²) >= 11 is 0. The molecule has 0 aliphatic carbocycles. The van der Waals surface area contributed by atoms with E-state index in [-0.39, 0.29) is 32.5 Å². The maximum atomic E-state index is 14.4. The van der Waals surface area contributed by atoms with Crippen molar-refractivity contribution in [3.63, 3.8) is 0 Å². The summed E-state index contributed by atoms with van der Waals surface area (Å²) in [5.41, 5.74) is -2.60. The fraction of sp³-hybridized carbons (Fsp3) is 0.533. The van der Waals surface area contributed by atoms with E-state index in [1.807, 2.05) is 0 Å². The van der Waals surface area contributed by atoms with E-state index in [2.05, 4.69) is 17.0 Å². The molecular formula is C15H20F2N4O3. The molecular weight excluding hydrogens is 322 g/mol. The zero-order chi connectivity index (χ0) is 17.8. The Morgan fingerprint density at radius 1 is 1.50 bits per heavy atom. The first-order valence-electron chi connectivity index (χ1n) is 7.57. The fourth-order valence-corrected chi connectivity index (χ4v) is 2.65. The van der Waals surface area contributed by atoms with Gasteiger partial charge in [-0.25, -0.2) is 0 Å². The minimum absolute atomic E-state index is 0.0541. The molecule has 24 heavy (non-hydrogen) atoms. The Bertz CT molecular complexity index is 606. The van der Waals surface area contributed by atoms with Gasteiger partial charge in [0.05, 0.1) is 13.1 Å².